The van der Waals surface area contributed by atoms with Crippen molar-refractivity contribution >= 4 is 23.4 Å². The maximum Gasteiger partial charge on any atom is 0.234 e. The summed E-state index contributed by atoms with van der Waals surface area (Å²) in [5.74, 6) is 8.47. The van der Waals surface area contributed by atoms with E-state index in [1.165, 1.54) is 16.4 Å². The fourth-order valence-electron chi connectivity index (χ4n) is 3.38. The summed E-state index contributed by atoms with van der Waals surface area (Å²) < 4.78 is 13.1. The van der Waals surface area contributed by atoms with Crippen LogP contribution in [0.2, 0.25) is 0 Å². The quantitative estimate of drug-likeness (QED) is 0.251. The Morgan fingerprint density at radius 1 is 0.943 bits per heavy atom. The van der Waals surface area contributed by atoms with Gasteiger partial charge in [-0.25, -0.2) is 4.68 Å². The van der Waals surface area contributed by atoms with Gasteiger partial charge in [0.05, 0.1) is 11.4 Å². The second kappa shape index (κ2) is 11.0. The van der Waals surface area contributed by atoms with Crippen molar-refractivity contribution in [3.63, 3.8) is 0 Å². The highest BCUT2D eigenvalue weighted by atomic mass is 32.2. The fourth-order valence-corrected chi connectivity index (χ4v) is 4.05. The lowest BCUT2D eigenvalue weighted by molar-refractivity contribution is -0.113. The summed E-state index contributed by atoms with van der Waals surface area (Å²) >= 11 is 1.19. The number of aryl methyl sites for hydroxylation is 3. The highest BCUT2D eigenvalue weighted by Gasteiger charge is 2.14. The maximum atomic E-state index is 12.6. The monoisotopic (exact) mass is 489 g/mol. The molecule has 3 aromatic carbocycles. The van der Waals surface area contributed by atoms with E-state index >= 15 is 0 Å². The van der Waals surface area contributed by atoms with Crippen molar-refractivity contribution in [3.8, 4) is 17.2 Å². The Morgan fingerprint density at radius 3 is 2.40 bits per heavy atom. The van der Waals surface area contributed by atoms with Gasteiger partial charge in [0.2, 0.25) is 11.1 Å². The summed E-state index contributed by atoms with van der Waals surface area (Å²) in [6.07, 6.45) is 0. The van der Waals surface area contributed by atoms with Gasteiger partial charge in [-0.15, -0.1) is 10.2 Å². The van der Waals surface area contributed by atoms with Crippen molar-refractivity contribution in [1.29, 1.82) is 0 Å². The van der Waals surface area contributed by atoms with Crippen LogP contribution in [0.1, 0.15) is 22.5 Å². The third-order valence-corrected chi connectivity index (χ3v) is 5.98. The molecular formula is C26H27N5O3S. The molecule has 0 aliphatic rings. The summed E-state index contributed by atoms with van der Waals surface area (Å²) in [5, 5.41) is 11.5. The van der Waals surface area contributed by atoms with Crippen LogP contribution >= 0.6 is 11.8 Å². The first-order chi connectivity index (χ1) is 16.9. The third kappa shape index (κ3) is 6.54. The van der Waals surface area contributed by atoms with E-state index in [0.717, 1.165) is 22.4 Å². The van der Waals surface area contributed by atoms with E-state index in [1.54, 1.807) is 12.1 Å². The zero-order valence-corrected chi connectivity index (χ0v) is 20.6. The van der Waals surface area contributed by atoms with Crippen molar-refractivity contribution < 1.29 is 14.3 Å². The number of carbonyl (C=O) groups excluding carboxylic acids is 1. The van der Waals surface area contributed by atoms with E-state index in [1.807, 2.05) is 69.3 Å². The Kier molecular flexibility index (Phi) is 7.57. The van der Waals surface area contributed by atoms with E-state index < -0.39 is 0 Å². The zero-order valence-electron chi connectivity index (χ0n) is 19.8. The number of hydrogen-bond donors (Lipinski definition) is 2. The summed E-state index contributed by atoms with van der Waals surface area (Å²) in [5.41, 5.74) is 3.95. The van der Waals surface area contributed by atoms with Gasteiger partial charge in [-0.05, 0) is 68.3 Å². The number of thioether (sulfide) groups is 1. The van der Waals surface area contributed by atoms with Crippen molar-refractivity contribution in [1.82, 2.24) is 14.9 Å². The lowest BCUT2D eigenvalue weighted by Crippen LogP contribution is -2.18. The number of hydrogen-bond acceptors (Lipinski definition) is 7. The maximum absolute atomic E-state index is 12.6. The van der Waals surface area contributed by atoms with Crippen LogP contribution < -0.4 is 20.6 Å². The number of rotatable bonds is 9. The van der Waals surface area contributed by atoms with Gasteiger partial charge < -0.3 is 20.6 Å². The topological polar surface area (TPSA) is 104 Å². The van der Waals surface area contributed by atoms with Gasteiger partial charge >= 0.3 is 0 Å². The Morgan fingerprint density at radius 2 is 1.66 bits per heavy atom. The van der Waals surface area contributed by atoms with Crippen molar-refractivity contribution in [2.75, 3.05) is 16.9 Å². The molecule has 0 aliphatic heterocycles. The smallest absolute Gasteiger partial charge is 0.234 e. The van der Waals surface area contributed by atoms with Gasteiger partial charge in [-0.3, -0.25) is 4.79 Å². The number of para-hydroxylation sites is 2. The fraction of sp³-hybridized carbons (Fsp3) is 0.192. The van der Waals surface area contributed by atoms with Gasteiger partial charge in [0, 0.05) is 0 Å². The van der Waals surface area contributed by atoms with Crippen molar-refractivity contribution in [2.24, 2.45) is 0 Å². The molecule has 0 bridgehead atoms. The third-order valence-electron chi connectivity index (χ3n) is 5.04. The predicted molar refractivity (Wildman–Crippen MR) is 137 cm³/mol. The minimum atomic E-state index is -0.217. The molecule has 0 saturated carbocycles. The lowest BCUT2D eigenvalue weighted by atomic mass is 10.1. The van der Waals surface area contributed by atoms with Crippen molar-refractivity contribution in [2.45, 2.75) is 32.5 Å². The minimum absolute atomic E-state index is 0.103. The molecule has 0 unspecified atom stereocenters. The number of nitrogens with two attached hydrogens (primary N) is 1. The van der Waals surface area contributed by atoms with Crippen LogP contribution in [0, 0.1) is 20.8 Å². The molecule has 35 heavy (non-hydrogen) atoms. The first kappa shape index (κ1) is 24.2. The molecular weight excluding hydrogens is 462 g/mol. The average Bonchev–Trinajstić information content (AvgIpc) is 3.18. The zero-order chi connectivity index (χ0) is 24.8. The molecule has 0 atom stereocenters. The summed E-state index contributed by atoms with van der Waals surface area (Å²) in [6, 6.07) is 21.0. The van der Waals surface area contributed by atoms with Gasteiger partial charge in [0.15, 0.2) is 11.6 Å². The molecule has 0 fully saturated rings. The van der Waals surface area contributed by atoms with E-state index in [9.17, 15) is 4.79 Å². The number of anilines is 1. The first-order valence-corrected chi connectivity index (χ1v) is 12.0. The number of nitrogens with zero attached hydrogens (tertiary/aromatic N) is 3. The molecule has 0 aliphatic carbocycles. The summed E-state index contributed by atoms with van der Waals surface area (Å²) in [7, 11) is 0. The molecule has 1 aromatic heterocycles. The second-order valence-corrected chi connectivity index (χ2v) is 9.07. The van der Waals surface area contributed by atoms with Crippen LogP contribution in [-0.4, -0.2) is 26.5 Å². The molecule has 4 rings (SSSR count). The van der Waals surface area contributed by atoms with E-state index in [0.29, 0.717) is 28.2 Å². The number of nitrogen functional groups attached to an aromatic ring is 1. The standard InChI is InChI=1S/C26H27N5O3S/c1-17-8-10-20(11-9-17)34-23-7-5-4-6-22(23)28-25(32)16-35-26-30-29-24(31(26)27)15-33-21-13-18(2)12-19(3)14-21/h4-14H,15-16,27H2,1-3H3,(H,28,32). The van der Waals surface area contributed by atoms with Gasteiger partial charge in [0.25, 0.3) is 0 Å². The van der Waals surface area contributed by atoms with Crippen molar-refractivity contribution in [3.05, 3.63) is 89.2 Å². The molecule has 0 radical (unpaired) electrons. The molecule has 0 saturated heterocycles. The van der Waals surface area contributed by atoms with Gasteiger partial charge in [0.1, 0.15) is 18.1 Å². The Hall–Kier alpha value is -3.98. The van der Waals surface area contributed by atoms with Crippen LogP contribution in [0.5, 0.6) is 17.2 Å². The number of carbonyl (C=O) groups is 1. The molecule has 0 spiro atoms. The first-order valence-electron chi connectivity index (χ1n) is 11.0. The molecule has 4 aromatic rings. The Labute approximate surface area is 208 Å². The molecule has 180 valence electrons. The molecule has 1 amide bonds. The molecule has 1 heterocycles. The number of aromatic nitrogens is 3. The molecule has 8 nitrogen and oxygen atoms in total. The highest BCUT2D eigenvalue weighted by Crippen LogP contribution is 2.29. The molecule has 9 heteroatoms. The van der Waals surface area contributed by atoms with Crippen LogP contribution in [0.15, 0.2) is 71.9 Å². The van der Waals surface area contributed by atoms with E-state index in [4.69, 9.17) is 15.3 Å². The number of ether oxygens (including phenoxy) is 2. The normalized spacial score (nSPS) is 10.7. The largest absolute Gasteiger partial charge is 0.486 e. The summed E-state index contributed by atoms with van der Waals surface area (Å²) in [6.45, 7) is 6.21. The predicted octanol–water partition coefficient (Wildman–Crippen LogP) is 5.02. The van der Waals surface area contributed by atoms with E-state index in [2.05, 4.69) is 21.6 Å². The number of amides is 1. The van der Waals surface area contributed by atoms with Crippen LogP contribution in [0.3, 0.4) is 0 Å². The molecule has 3 N–H and O–H groups in total. The van der Waals surface area contributed by atoms with Gasteiger partial charge in [-0.2, -0.15) is 0 Å². The van der Waals surface area contributed by atoms with Gasteiger partial charge in [-0.1, -0.05) is 47.7 Å². The van der Waals surface area contributed by atoms with E-state index in [-0.39, 0.29) is 18.3 Å². The Bertz CT molecular complexity index is 1300. The lowest BCUT2D eigenvalue weighted by Gasteiger charge is -2.12. The second-order valence-electron chi connectivity index (χ2n) is 8.13. The van der Waals surface area contributed by atoms with Crippen LogP contribution in [0.25, 0.3) is 0 Å². The minimum Gasteiger partial charge on any atom is -0.486 e. The summed E-state index contributed by atoms with van der Waals surface area (Å²) in [4.78, 5) is 12.6. The van der Waals surface area contributed by atoms with Crippen LogP contribution in [-0.2, 0) is 11.4 Å². The highest BCUT2D eigenvalue weighted by molar-refractivity contribution is 7.99. The SMILES string of the molecule is Cc1ccc(Oc2ccccc2NC(=O)CSc2nnc(COc3cc(C)cc(C)c3)n2N)cc1. The average molecular weight is 490 g/mol. The number of nitrogens with one attached hydrogen (secondary N) is 1. The van der Waals surface area contributed by atoms with Crippen LogP contribution in [0.4, 0.5) is 5.69 Å². The number of benzene rings is 3. The Balaban J connectivity index is 1.33.